The number of nitrogens with zero attached hydrogens (tertiary/aromatic N) is 1. The summed E-state index contributed by atoms with van der Waals surface area (Å²) >= 11 is 5.55. The zero-order chi connectivity index (χ0) is 16.3. The van der Waals surface area contributed by atoms with Crippen LogP contribution in [0, 0.1) is 0 Å². The summed E-state index contributed by atoms with van der Waals surface area (Å²) in [5, 5.41) is 2.13. The van der Waals surface area contributed by atoms with Crippen molar-refractivity contribution in [2.24, 2.45) is 0 Å². The summed E-state index contributed by atoms with van der Waals surface area (Å²) in [6.07, 6.45) is -1.33. The Bertz CT molecular complexity index is 548. The van der Waals surface area contributed by atoms with Crippen molar-refractivity contribution in [1.82, 2.24) is 4.90 Å². The van der Waals surface area contributed by atoms with E-state index in [9.17, 15) is 18.0 Å². The van der Waals surface area contributed by atoms with E-state index in [0.29, 0.717) is 6.04 Å². The Morgan fingerprint density at radius 3 is 2.77 bits per heavy atom. The number of carbonyl (C=O) groups excluding carboxylic acids is 1. The number of carbonyl (C=O) groups is 1. The standard InChI is InChI=1S/C15H18ClF3N2O/c1-10-4-2-3-7-21(10)9-14(22)20-11-5-6-13(16)12(8-11)15(17,18)19/h5-6,8,10H,2-4,7,9H2,1H3,(H,20,22). The smallest absolute Gasteiger partial charge is 0.325 e. The number of piperidine rings is 1. The fourth-order valence-electron chi connectivity index (χ4n) is 2.60. The average Bonchev–Trinajstić information content (AvgIpc) is 2.42. The predicted octanol–water partition coefficient (Wildman–Crippen LogP) is 4.17. The molecule has 1 saturated heterocycles. The highest BCUT2D eigenvalue weighted by Gasteiger charge is 2.33. The number of alkyl halides is 3. The molecule has 7 heteroatoms. The Hall–Kier alpha value is -1.27. The largest absolute Gasteiger partial charge is 0.417 e. The number of benzene rings is 1. The van der Waals surface area contributed by atoms with Crippen molar-refractivity contribution in [1.29, 1.82) is 0 Å². The van der Waals surface area contributed by atoms with Crippen LogP contribution in [0.2, 0.25) is 5.02 Å². The minimum absolute atomic E-state index is 0.103. The second kappa shape index (κ2) is 6.87. The van der Waals surface area contributed by atoms with Gasteiger partial charge >= 0.3 is 6.18 Å². The van der Waals surface area contributed by atoms with Crippen molar-refractivity contribution in [3.63, 3.8) is 0 Å². The number of amides is 1. The molecule has 3 nitrogen and oxygen atoms in total. The number of hydrogen-bond acceptors (Lipinski definition) is 2. The number of hydrogen-bond donors (Lipinski definition) is 1. The molecule has 1 unspecified atom stereocenters. The van der Waals surface area contributed by atoms with E-state index in [1.807, 2.05) is 4.90 Å². The molecular weight excluding hydrogens is 317 g/mol. The zero-order valence-electron chi connectivity index (χ0n) is 12.2. The molecule has 1 N–H and O–H groups in total. The monoisotopic (exact) mass is 334 g/mol. The second-order valence-corrected chi connectivity index (χ2v) is 5.96. The van der Waals surface area contributed by atoms with Gasteiger partial charge in [0.05, 0.1) is 17.1 Å². The van der Waals surface area contributed by atoms with Gasteiger partial charge in [0.15, 0.2) is 0 Å². The summed E-state index contributed by atoms with van der Waals surface area (Å²) in [4.78, 5) is 14.0. The van der Waals surface area contributed by atoms with E-state index in [1.165, 1.54) is 6.07 Å². The van der Waals surface area contributed by atoms with Crippen molar-refractivity contribution in [3.05, 3.63) is 28.8 Å². The van der Waals surface area contributed by atoms with Crippen LogP contribution in [0.5, 0.6) is 0 Å². The lowest BCUT2D eigenvalue weighted by Gasteiger charge is -2.32. The molecule has 0 aliphatic carbocycles. The topological polar surface area (TPSA) is 32.3 Å². The van der Waals surface area contributed by atoms with Gasteiger partial charge in [-0.1, -0.05) is 18.0 Å². The molecular formula is C15H18ClF3N2O. The molecule has 0 spiro atoms. The van der Waals surface area contributed by atoms with Crippen molar-refractivity contribution in [2.45, 2.75) is 38.4 Å². The van der Waals surface area contributed by atoms with Crippen molar-refractivity contribution >= 4 is 23.2 Å². The van der Waals surface area contributed by atoms with Crippen LogP contribution in [0.3, 0.4) is 0 Å². The van der Waals surface area contributed by atoms with Crippen molar-refractivity contribution in [3.8, 4) is 0 Å². The molecule has 1 aromatic carbocycles. The fraction of sp³-hybridized carbons (Fsp3) is 0.533. The van der Waals surface area contributed by atoms with Crippen LogP contribution in [-0.4, -0.2) is 29.9 Å². The van der Waals surface area contributed by atoms with Gasteiger partial charge in [0, 0.05) is 11.7 Å². The average molecular weight is 335 g/mol. The summed E-state index contributed by atoms with van der Waals surface area (Å²) in [6, 6.07) is 3.69. The zero-order valence-corrected chi connectivity index (χ0v) is 13.0. The van der Waals surface area contributed by atoms with E-state index >= 15 is 0 Å². The highest BCUT2D eigenvalue weighted by molar-refractivity contribution is 6.31. The van der Waals surface area contributed by atoms with Crippen LogP contribution in [0.4, 0.5) is 18.9 Å². The molecule has 0 bridgehead atoms. The summed E-state index contributed by atoms with van der Waals surface area (Å²) < 4.78 is 38.4. The molecule has 0 saturated carbocycles. The van der Waals surface area contributed by atoms with Crippen LogP contribution in [0.15, 0.2) is 18.2 Å². The quantitative estimate of drug-likeness (QED) is 0.899. The molecule has 1 fully saturated rings. The van der Waals surface area contributed by atoms with Gasteiger partial charge in [0.2, 0.25) is 5.91 Å². The highest BCUT2D eigenvalue weighted by atomic mass is 35.5. The van der Waals surface area contributed by atoms with E-state index in [0.717, 1.165) is 37.9 Å². The van der Waals surface area contributed by atoms with E-state index < -0.39 is 11.7 Å². The van der Waals surface area contributed by atoms with E-state index in [4.69, 9.17) is 11.6 Å². The SMILES string of the molecule is CC1CCCCN1CC(=O)Nc1ccc(Cl)c(C(F)(F)F)c1. The maximum absolute atomic E-state index is 12.8. The second-order valence-electron chi connectivity index (χ2n) is 5.56. The predicted molar refractivity (Wildman–Crippen MR) is 80.0 cm³/mol. The summed E-state index contributed by atoms with van der Waals surface area (Å²) in [7, 11) is 0. The minimum Gasteiger partial charge on any atom is -0.325 e. The Morgan fingerprint density at radius 2 is 2.14 bits per heavy atom. The first kappa shape index (κ1) is 17.1. The van der Waals surface area contributed by atoms with Gasteiger partial charge in [-0.15, -0.1) is 0 Å². The molecule has 0 aromatic heterocycles. The Kier molecular flexibility index (Phi) is 5.34. The first-order valence-electron chi connectivity index (χ1n) is 7.18. The van der Waals surface area contributed by atoms with Gasteiger partial charge in [-0.3, -0.25) is 9.69 Å². The Morgan fingerprint density at radius 1 is 1.41 bits per heavy atom. The third-order valence-corrected chi connectivity index (χ3v) is 4.17. The molecule has 0 radical (unpaired) electrons. The highest BCUT2D eigenvalue weighted by Crippen LogP contribution is 2.36. The lowest BCUT2D eigenvalue weighted by molar-refractivity contribution is -0.137. The Balaban J connectivity index is 2.02. The maximum atomic E-state index is 12.8. The van der Waals surface area contributed by atoms with Gasteiger partial charge < -0.3 is 5.32 Å². The lowest BCUT2D eigenvalue weighted by atomic mass is 10.0. The first-order valence-corrected chi connectivity index (χ1v) is 7.56. The van der Waals surface area contributed by atoms with Crippen LogP contribution >= 0.6 is 11.6 Å². The van der Waals surface area contributed by atoms with E-state index in [-0.39, 0.29) is 23.2 Å². The summed E-state index contributed by atoms with van der Waals surface area (Å²) in [5.41, 5.74) is -0.843. The maximum Gasteiger partial charge on any atom is 0.417 e. The van der Waals surface area contributed by atoms with Crippen LogP contribution in [0.1, 0.15) is 31.7 Å². The van der Waals surface area contributed by atoms with Gasteiger partial charge in [-0.2, -0.15) is 13.2 Å². The van der Waals surface area contributed by atoms with Gasteiger partial charge in [-0.25, -0.2) is 0 Å². The molecule has 1 aromatic rings. The number of rotatable bonds is 3. The van der Waals surface area contributed by atoms with E-state index in [2.05, 4.69) is 12.2 Å². The molecule has 1 atom stereocenters. The van der Waals surface area contributed by atoms with Gasteiger partial charge in [0.1, 0.15) is 0 Å². The first-order chi connectivity index (χ1) is 10.3. The normalized spacial score (nSPS) is 20.0. The summed E-state index contributed by atoms with van der Waals surface area (Å²) in [6.45, 7) is 3.07. The number of halogens is 4. The summed E-state index contributed by atoms with van der Waals surface area (Å²) in [5.74, 6) is -0.316. The molecule has 122 valence electrons. The molecule has 22 heavy (non-hydrogen) atoms. The third-order valence-electron chi connectivity index (χ3n) is 3.84. The van der Waals surface area contributed by atoms with Crippen molar-refractivity contribution in [2.75, 3.05) is 18.4 Å². The van der Waals surface area contributed by atoms with Crippen LogP contribution < -0.4 is 5.32 Å². The number of anilines is 1. The van der Waals surface area contributed by atoms with Gasteiger partial charge in [0.25, 0.3) is 0 Å². The molecule has 2 rings (SSSR count). The lowest BCUT2D eigenvalue weighted by Crippen LogP contribution is -2.42. The van der Waals surface area contributed by atoms with Crippen LogP contribution in [0.25, 0.3) is 0 Å². The fourth-order valence-corrected chi connectivity index (χ4v) is 2.82. The minimum atomic E-state index is -4.54. The number of nitrogens with one attached hydrogen (secondary N) is 1. The van der Waals surface area contributed by atoms with Crippen molar-refractivity contribution < 1.29 is 18.0 Å². The van der Waals surface area contributed by atoms with Crippen LogP contribution in [-0.2, 0) is 11.0 Å². The Labute approximate surface area is 132 Å². The number of likely N-dealkylation sites (tertiary alicyclic amines) is 1. The third kappa shape index (κ3) is 4.36. The molecule has 1 amide bonds. The van der Waals surface area contributed by atoms with Gasteiger partial charge in [-0.05, 0) is 44.5 Å². The molecule has 1 heterocycles. The molecule has 1 aliphatic heterocycles. The molecule has 1 aliphatic rings. The van der Waals surface area contributed by atoms with E-state index in [1.54, 1.807) is 0 Å².